The van der Waals surface area contributed by atoms with Crippen molar-refractivity contribution in [3.63, 3.8) is 0 Å². The molecule has 3 aliphatic rings. The number of rotatable bonds is 2. The molecule has 1 aromatic carbocycles. The monoisotopic (exact) mass is 363 g/mol. The second-order valence-corrected chi connectivity index (χ2v) is 7.83. The molecule has 2 bridgehead atoms. The lowest BCUT2D eigenvalue weighted by Crippen LogP contribution is -2.40. The van der Waals surface area contributed by atoms with Crippen molar-refractivity contribution in [3.8, 4) is 0 Å². The van der Waals surface area contributed by atoms with Crippen molar-refractivity contribution in [1.29, 1.82) is 0 Å². The maximum atomic E-state index is 12.8. The summed E-state index contributed by atoms with van der Waals surface area (Å²) in [4.78, 5) is 25.0. The summed E-state index contributed by atoms with van der Waals surface area (Å²) in [7, 11) is 0. The van der Waals surface area contributed by atoms with Gasteiger partial charge < -0.3 is 10.1 Å². The van der Waals surface area contributed by atoms with Crippen LogP contribution in [0.25, 0.3) is 0 Å². The van der Waals surface area contributed by atoms with Crippen LogP contribution in [0.5, 0.6) is 0 Å². The number of esters is 1. The molecule has 3 fully saturated rings. The number of hydrogen-bond acceptors (Lipinski definition) is 3. The van der Waals surface area contributed by atoms with Gasteiger partial charge in [-0.2, -0.15) is 0 Å². The molecule has 2 aliphatic carbocycles. The van der Waals surface area contributed by atoms with E-state index in [1.807, 2.05) is 32.0 Å². The molecule has 5 heteroatoms. The fraction of sp³-hybridized carbons (Fsp3) is 0.529. The number of anilines is 1. The number of carbonyl (C=O) groups is 2. The van der Waals surface area contributed by atoms with Crippen molar-refractivity contribution in [3.05, 3.63) is 29.3 Å². The Bertz CT molecular complexity index is 674. The lowest BCUT2D eigenvalue weighted by atomic mass is 9.79. The molecule has 0 radical (unpaired) electrons. The van der Waals surface area contributed by atoms with Crippen molar-refractivity contribution < 1.29 is 14.3 Å². The van der Waals surface area contributed by atoms with Crippen LogP contribution in [0.1, 0.15) is 17.5 Å². The van der Waals surface area contributed by atoms with Gasteiger partial charge in [0.05, 0.1) is 16.7 Å². The third-order valence-corrected chi connectivity index (χ3v) is 6.68. The van der Waals surface area contributed by atoms with E-state index in [1.165, 1.54) is 0 Å². The number of ether oxygens (including phenoxy) is 1. The minimum Gasteiger partial charge on any atom is -0.461 e. The molecule has 22 heavy (non-hydrogen) atoms. The summed E-state index contributed by atoms with van der Waals surface area (Å²) in [5.74, 6) is -0.379. The van der Waals surface area contributed by atoms with Crippen LogP contribution >= 0.6 is 15.9 Å². The summed E-state index contributed by atoms with van der Waals surface area (Å²) < 4.78 is 5.46. The van der Waals surface area contributed by atoms with Crippen molar-refractivity contribution in [1.82, 2.24) is 0 Å². The van der Waals surface area contributed by atoms with Gasteiger partial charge in [-0.25, -0.2) is 0 Å². The van der Waals surface area contributed by atoms with E-state index in [9.17, 15) is 9.59 Å². The Morgan fingerprint density at radius 2 is 2.09 bits per heavy atom. The summed E-state index contributed by atoms with van der Waals surface area (Å²) in [6.07, 6.45) is 0.870. The number of aryl methyl sites for hydroxylation is 2. The number of alkyl halides is 1. The predicted octanol–water partition coefficient (Wildman–Crippen LogP) is 2.81. The van der Waals surface area contributed by atoms with Gasteiger partial charge in [0.1, 0.15) is 6.10 Å². The molecule has 4 rings (SSSR count). The van der Waals surface area contributed by atoms with Gasteiger partial charge in [0.25, 0.3) is 0 Å². The zero-order chi connectivity index (χ0) is 15.6. The molecule has 1 saturated heterocycles. The van der Waals surface area contributed by atoms with E-state index in [0.29, 0.717) is 0 Å². The quantitative estimate of drug-likeness (QED) is 0.649. The number of fused-ring (bicyclic) bond motifs is 1. The smallest absolute Gasteiger partial charge is 0.310 e. The van der Waals surface area contributed by atoms with Crippen LogP contribution in [0.2, 0.25) is 0 Å². The Balaban J connectivity index is 1.61. The second kappa shape index (κ2) is 4.82. The Labute approximate surface area is 137 Å². The highest BCUT2D eigenvalue weighted by molar-refractivity contribution is 9.09. The van der Waals surface area contributed by atoms with Gasteiger partial charge in [0.15, 0.2) is 0 Å². The first-order valence-corrected chi connectivity index (χ1v) is 8.61. The molecule has 1 aromatic rings. The summed E-state index contributed by atoms with van der Waals surface area (Å²) in [6, 6.07) is 6.00. The van der Waals surface area contributed by atoms with E-state index in [0.717, 1.165) is 23.2 Å². The van der Waals surface area contributed by atoms with Crippen LogP contribution in [-0.2, 0) is 14.3 Å². The number of nitrogens with one attached hydrogen (secondary N) is 1. The Morgan fingerprint density at radius 3 is 2.86 bits per heavy atom. The molecular weight excluding hydrogens is 346 g/mol. The summed E-state index contributed by atoms with van der Waals surface area (Å²) in [5.41, 5.74) is 2.97. The molecule has 0 aromatic heterocycles. The SMILES string of the molecule is Cc1ccc(C)c(NC(=O)[C@H]2[C@@H]3C[C@H]4[C@H](OC(=O)[C@@H]42)[C@@H]3Br)c1. The van der Waals surface area contributed by atoms with Gasteiger partial charge >= 0.3 is 5.97 Å². The Morgan fingerprint density at radius 1 is 1.32 bits per heavy atom. The average Bonchev–Trinajstić information content (AvgIpc) is 3.07. The Hall–Kier alpha value is -1.36. The minimum absolute atomic E-state index is 0.0349. The van der Waals surface area contributed by atoms with E-state index in [2.05, 4.69) is 21.2 Å². The van der Waals surface area contributed by atoms with Crippen molar-refractivity contribution in [2.75, 3.05) is 5.32 Å². The van der Waals surface area contributed by atoms with Gasteiger partial charge in [-0.3, -0.25) is 9.59 Å². The lowest BCUT2D eigenvalue weighted by molar-refractivity contribution is -0.145. The van der Waals surface area contributed by atoms with E-state index >= 15 is 0 Å². The van der Waals surface area contributed by atoms with Gasteiger partial charge in [0.2, 0.25) is 5.91 Å². The molecule has 2 saturated carbocycles. The normalized spacial score (nSPS) is 38.2. The number of benzene rings is 1. The number of hydrogen-bond donors (Lipinski definition) is 1. The van der Waals surface area contributed by atoms with Crippen LogP contribution in [0, 0.1) is 37.5 Å². The van der Waals surface area contributed by atoms with E-state index in [4.69, 9.17) is 4.74 Å². The van der Waals surface area contributed by atoms with Gasteiger partial charge in [-0.1, -0.05) is 28.1 Å². The summed E-state index contributed by atoms with van der Waals surface area (Å²) in [5, 5.41) is 3.03. The van der Waals surface area contributed by atoms with Gasteiger partial charge in [0, 0.05) is 11.6 Å². The first-order valence-electron chi connectivity index (χ1n) is 7.70. The number of amides is 1. The molecule has 1 aliphatic heterocycles. The third-order valence-electron chi connectivity index (χ3n) is 5.48. The molecule has 0 spiro atoms. The average molecular weight is 364 g/mol. The van der Waals surface area contributed by atoms with E-state index < -0.39 is 0 Å². The lowest BCUT2D eigenvalue weighted by Gasteiger charge is -2.27. The zero-order valence-electron chi connectivity index (χ0n) is 12.5. The zero-order valence-corrected chi connectivity index (χ0v) is 14.1. The highest BCUT2D eigenvalue weighted by atomic mass is 79.9. The molecule has 1 amide bonds. The number of carbonyl (C=O) groups excluding carboxylic acids is 2. The summed E-state index contributed by atoms with van der Waals surface area (Å²) >= 11 is 3.64. The van der Waals surface area contributed by atoms with Crippen LogP contribution in [-0.4, -0.2) is 22.8 Å². The maximum absolute atomic E-state index is 12.8. The maximum Gasteiger partial charge on any atom is 0.310 e. The fourth-order valence-corrected chi connectivity index (χ4v) is 5.46. The molecule has 1 heterocycles. The highest BCUT2D eigenvalue weighted by Crippen LogP contribution is 2.60. The molecule has 4 nitrogen and oxygen atoms in total. The van der Waals surface area contributed by atoms with Crippen molar-refractivity contribution in [2.24, 2.45) is 23.7 Å². The topological polar surface area (TPSA) is 55.4 Å². The predicted molar refractivity (Wildman–Crippen MR) is 85.7 cm³/mol. The minimum atomic E-state index is -0.277. The standard InChI is InChI=1S/C17H18BrNO3/c1-7-3-4-8(2)11(5-7)19-16(20)12-9-6-10-13(12)17(21)22-15(10)14(9)18/h3-5,9-10,12-15H,6H2,1-2H3,(H,19,20)/t9-,10+,12-,13-,14+,15-/m0/s1. The summed E-state index contributed by atoms with van der Waals surface area (Å²) in [6.45, 7) is 3.98. The molecular formula is C17H18BrNO3. The van der Waals surface area contributed by atoms with Crippen LogP contribution in [0.4, 0.5) is 5.69 Å². The molecule has 1 N–H and O–H groups in total. The third kappa shape index (κ3) is 1.87. The van der Waals surface area contributed by atoms with Gasteiger partial charge in [-0.05, 0) is 43.4 Å². The first kappa shape index (κ1) is 14.2. The van der Waals surface area contributed by atoms with Gasteiger partial charge in [-0.15, -0.1) is 0 Å². The van der Waals surface area contributed by atoms with Crippen molar-refractivity contribution >= 4 is 33.5 Å². The molecule has 116 valence electrons. The number of halogens is 1. The highest BCUT2D eigenvalue weighted by Gasteiger charge is 2.67. The first-order chi connectivity index (χ1) is 10.5. The van der Waals surface area contributed by atoms with Crippen LogP contribution in [0.15, 0.2) is 18.2 Å². The molecule has 6 atom stereocenters. The largest absolute Gasteiger partial charge is 0.461 e. The van der Waals surface area contributed by atoms with E-state index in [1.54, 1.807) is 0 Å². The van der Waals surface area contributed by atoms with Crippen LogP contribution < -0.4 is 5.32 Å². The van der Waals surface area contributed by atoms with E-state index in [-0.39, 0.29) is 46.5 Å². The van der Waals surface area contributed by atoms with Crippen molar-refractivity contribution in [2.45, 2.75) is 31.2 Å². The Kier molecular flexibility index (Phi) is 3.12. The van der Waals surface area contributed by atoms with Crippen LogP contribution in [0.3, 0.4) is 0 Å². The second-order valence-electron chi connectivity index (χ2n) is 6.77. The fourth-order valence-electron chi connectivity index (χ4n) is 4.42. The molecule has 0 unspecified atom stereocenters.